The molecule has 0 spiro atoms. The minimum atomic E-state index is -0.242. The van der Waals surface area contributed by atoms with Gasteiger partial charge in [-0.3, -0.25) is 9.78 Å². The zero-order valence-electron chi connectivity index (χ0n) is 12.1. The molecule has 2 rings (SSSR count). The Kier molecular flexibility index (Phi) is 5.99. The van der Waals surface area contributed by atoms with Crippen molar-refractivity contribution in [2.75, 3.05) is 13.1 Å². The van der Waals surface area contributed by atoms with Gasteiger partial charge in [0.25, 0.3) is 0 Å². The highest BCUT2D eigenvalue weighted by molar-refractivity contribution is 5.79. The average molecular weight is 290 g/mol. The predicted molar refractivity (Wildman–Crippen MR) is 79.4 cm³/mol. The third kappa shape index (κ3) is 5.41. The van der Waals surface area contributed by atoms with Crippen molar-refractivity contribution >= 4 is 11.9 Å². The molecule has 0 aliphatic heterocycles. The SMILES string of the molecule is O=C(NCCNC(=O)C1CCCC1)NCc1cccnc1. The van der Waals surface area contributed by atoms with E-state index in [0.717, 1.165) is 31.2 Å². The highest BCUT2D eigenvalue weighted by Crippen LogP contribution is 2.24. The van der Waals surface area contributed by atoms with Crippen LogP contribution >= 0.6 is 0 Å². The van der Waals surface area contributed by atoms with Crippen LogP contribution in [0.3, 0.4) is 0 Å². The Bertz CT molecular complexity index is 458. The molecule has 1 fully saturated rings. The summed E-state index contributed by atoms with van der Waals surface area (Å²) in [5.74, 6) is 0.287. The molecule has 1 heterocycles. The van der Waals surface area contributed by atoms with Crippen molar-refractivity contribution in [3.63, 3.8) is 0 Å². The normalized spacial score (nSPS) is 14.7. The van der Waals surface area contributed by atoms with Crippen LogP contribution in [-0.4, -0.2) is 30.0 Å². The van der Waals surface area contributed by atoms with Crippen LogP contribution in [0.2, 0.25) is 0 Å². The predicted octanol–water partition coefficient (Wildman–Crippen LogP) is 1.19. The Morgan fingerprint density at radius 2 is 1.90 bits per heavy atom. The molecule has 3 N–H and O–H groups in total. The van der Waals surface area contributed by atoms with Gasteiger partial charge in [0.15, 0.2) is 0 Å². The van der Waals surface area contributed by atoms with Crippen LogP contribution in [0.1, 0.15) is 31.2 Å². The molecule has 1 aromatic heterocycles. The van der Waals surface area contributed by atoms with Crippen LogP contribution in [0, 0.1) is 5.92 Å². The van der Waals surface area contributed by atoms with Crippen LogP contribution in [0.15, 0.2) is 24.5 Å². The molecular weight excluding hydrogens is 268 g/mol. The van der Waals surface area contributed by atoms with E-state index in [-0.39, 0.29) is 17.9 Å². The zero-order valence-corrected chi connectivity index (χ0v) is 12.1. The number of carbonyl (C=O) groups excluding carboxylic acids is 2. The minimum Gasteiger partial charge on any atom is -0.354 e. The fraction of sp³-hybridized carbons (Fsp3) is 0.533. The van der Waals surface area contributed by atoms with E-state index in [1.807, 2.05) is 12.1 Å². The highest BCUT2D eigenvalue weighted by atomic mass is 16.2. The lowest BCUT2D eigenvalue weighted by Gasteiger charge is -2.11. The summed E-state index contributed by atoms with van der Waals surface area (Å²) in [5, 5.41) is 8.32. The van der Waals surface area contributed by atoms with E-state index in [4.69, 9.17) is 0 Å². The second-order valence-electron chi connectivity index (χ2n) is 5.24. The molecule has 0 atom stereocenters. The standard InChI is InChI=1S/C15H22N4O2/c20-14(13-5-1-2-6-13)17-8-9-18-15(21)19-11-12-4-3-7-16-10-12/h3-4,7,10,13H,1-2,5-6,8-9,11H2,(H,17,20)(H2,18,19,21). The first kappa shape index (κ1) is 15.3. The number of hydrogen-bond acceptors (Lipinski definition) is 3. The van der Waals surface area contributed by atoms with Crippen molar-refractivity contribution in [3.8, 4) is 0 Å². The van der Waals surface area contributed by atoms with Crippen LogP contribution in [-0.2, 0) is 11.3 Å². The maximum atomic E-state index is 11.8. The molecule has 0 aromatic carbocycles. The number of urea groups is 1. The first-order valence-electron chi connectivity index (χ1n) is 7.44. The Morgan fingerprint density at radius 1 is 1.14 bits per heavy atom. The number of amides is 3. The largest absolute Gasteiger partial charge is 0.354 e. The molecule has 6 heteroatoms. The third-order valence-electron chi connectivity index (χ3n) is 3.61. The first-order valence-corrected chi connectivity index (χ1v) is 7.44. The summed E-state index contributed by atoms with van der Waals surface area (Å²) in [6.45, 7) is 1.33. The van der Waals surface area contributed by atoms with Gasteiger partial charge in [-0.15, -0.1) is 0 Å². The smallest absolute Gasteiger partial charge is 0.315 e. The molecule has 1 aliphatic rings. The summed E-state index contributed by atoms with van der Waals surface area (Å²) in [4.78, 5) is 27.3. The molecule has 1 saturated carbocycles. The van der Waals surface area contributed by atoms with Gasteiger partial charge in [-0.1, -0.05) is 18.9 Å². The van der Waals surface area contributed by atoms with Crippen molar-refractivity contribution in [1.82, 2.24) is 20.9 Å². The van der Waals surface area contributed by atoms with Crippen LogP contribution in [0.5, 0.6) is 0 Å². The van der Waals surface area contributed by atoms with Gasteiger partial charge in [0.2, 0.25) is 5.91 Å². The second-order valence-corrected chi connectivity index (χ2v) is 5.24. The van der Waals surface area contributed by atoms with E-state index < -0.39 is 0 Å². The summed E-state index contributed by atoms with van der Waals surface area (Å²) in [6.07, 6.45) is 7.68. The number of nitrogens with zero attached hydrogens (tertiary/aromatic N) is 1. The van der Waals surface area contributed by atoms with Crippen molar-refractivity contribution < 1.29 is 9.59 Å². The van der Waals surface area contributed by atoms with Crippen molar-refractivity contribution in [2.24, 2.45) is 5.92 Å². The maximum Gasteiger partial charge on any atom is 0.315 e. The molecule has 3 amide bonds. The van der Waals surface area contributed by atoms with Gasteiger partial charge in [0.05, 0.1) is 0 Å². The Labute approximate surface area is 124 Å². The van der Waals surface area contributed by atoms with E-state index in [1.165, 1.54) is 0 Å². The fourth-order valence-electron chi connectivity index (χ4n) is 2.44. The molecule has 0 radical (unpaired) electrons. The van der Waals surface area contributed by atoms with Crippen molar-refractivity contribution in [1.29, 1.82) is 0 Å². The number of pyridine rings is 1. The van der Waals surface area contributed by atoms with Crippen molar-refractivity contribution in [3.05, 3.63) is 30.1 Å². The minimum absolute atomic E-state index is 0.116. The summed E-state index contributed by atoms with van der Waals surface area (Å²) >= 11 is 0. The van der Waals surface area contributed by atoms with Gasteiger partial charge < -0.3 is 16.0 Å². The number of hydrogen-bond donors (Lipinski definition) is 3. The van der Waals surface area contributed by atoms with E-state index in [0.29, 0.717) is 19.6 Å². The lowest BCUT2D eigenvalue weighted by molar-refractivity contribution is -0.124. The number of carbonyl (C=O) groups is 2. The molecule has 21 heavy (non-hydrogen) atoms. The molecule has 0 saturated heterocycles. The lowest BCUT2D eigenvalue weighted by Crippen LogP contribution is -2.41. The summed E-state index contributed by atoms with van der Waals surface area (Å²) in [7, 11) is 0. The van der Waals surface area contributed by atoms with Gasteiger partial charge in [0, 0.05) is 37.9 Å². The van der Waals surface area contributed by atoms with E-state index >= 15 is 0 Å². The van der Waals surface area contributed by atoms with E-state index in [2.05, 4.69) is 20.9 Å². The summed E-state index contributed by atoms with van der Waals surface area (Å²) < 4.78 is 0. The summed E-state index contributed by atoms with van der Waals surface area (Å²) in [6, 6.07) is 3.48. The Balaban J connectivity index is 1.54. The van der Waals surface area contributed by atoms with Crippen LogP contribution in [0.4, 0.5) is 4.79 Å². The van der Waals surface area contributed by atoms with E-state index in [1.54, 1.807) is 12.4 Å². The summed E-state index contributed by atoms with van der Waals surface area (Å²) in [5.41, 5.74) is 0.946. The maximum absolute atomic E-state index is 11.8. The van der Waals surface area contributed by atoms with Gasteiger partial charge in [-0.25, -0.2) is 4.79 Å². The van der Waals surface area contributed by atoms with Crippen molar-refractivity contribution in [2.45, 2.75) is 32.2 Å². The molecule has 6 nitrogen and oxygen atoms in total. The monoisotopic (exact) mass is 290 g/mol. The molecule has 0 bridgehead atoms. The number of rotatable bonds is 6. The van der Waals surface area contributed by atoms with Gasteiger partial charge in [-0.05, 0) is 24.5 Å². The Morgan fingerprint density at radius 3 is 2.62 bits per heavy atom. The molecule has 114 valence electrons. The first-order chi connectivity index (χ1) is 10.3. The van der Waals surface area contributed by atoms with Gasteiger partial charge in [0.1, 0.15) is 0 Å². The quantitative estimate of drug-likeness (QED) is 0.688. The second kappa shape index (κ2) is 8.24. The van der Waals surface area contributed by atoms with Gasteiger partial charge in [-0.2, -0.15) is 0 Å². The van der Waals surface area contributed by atoms with Crippen LogP contribution in [0.25, 0.3) is 0 Å². The van der Waals surface area contributed by atoms with Crippen LogP contribution < -0.4 is 16.0 Å². The number of nitrogens with one attached hydrogen (secondary N) is 3. The molecule has 1 aliphatic carbocycles. The molecular formula is C15H22N4O2. The lowest BCUT2D eigenvalue weighted by atomic mass is 10.1. The average Bonchev–Trinajstić information content (AvgIpc) is 3.05. The fourth-order valence-corrected chi connectivity index (χ4v) is 2.44. The zero-order chi connectivity index (χ0) is 14.9. The highest BCUT2D eigenvalue weighted by Gasteiger charge is 2.21. The molecule has 0 unspecified atom stereocenters. The topological polar surface area (TPSA) is 83.1 Å². The molecule has 1 aromatic rings. The third-order valence-corrected chi connectivity index (χ3v) is 3.61. The Hall–Kier alpha value is -2.11. The van der Waals surface area contributed by atoms with Gasteiger partial charge >= 0.3 is 6.03 Å². The van der Waals surface area contributed by atoms with E-state index in [9.17, 15) is 9.59 Å². The number of aromatic nitrogens is 1.